The van der Waals surface area contributed by atoms with Crippen molar-refractivity contribution in [2.45, 2.75) is 11.8 Å². The van der Waals surface area contributed by atoms with E-state index in [4.69, 9.17) is 10.5 Å². The number of sulfonamides is 1. The Morgan fingerprint density at radius 1 is 1.12 bits per heavy atom. The van der Waals surface area contributed by atoms with E-state index in [1.807, 2.05) is 0 Å². The molecular weight excluding hydrogens is 354 g/mol. The number of methoxy groups -OCH3 is 1. The molecule has 3 rings (SSSR count). The van der Waals surface area contributed by atoms with E-state index < -0.39 is 10.0 Å². The third-order valence-electron chi connectivity index (χ3n) is 4.16. The molecule has 0 atom stereocenters. The van der Waals surface area contributed by atoms with Crippen molar-refractivity contribution >= 4 is 32.3 Å². The van der Waals surface area contributed by atoms with Gasteiger partial charge < -0.3 is 15.0 Å². The van der Waals surface area contributed by atoms with Crippen LogP contribution < -0.4 is 20.8 Å². The lowest BCUT2D eigenvalue weighted by molar-refractivity contribution is 0.417. The second-order valence-corrected chi connectivity index (χ2v) is 7.66. The van der Waals surface area contributed by atoms with Crippen LogP contribution in [0, 0.1) is 6.92 Å². The van der Waals surface area contributed by atoms with Gasteiger partial charge in [-0.3, -0.25) is 9.52 Å². The zero-order valence-corrected chi connectivity index (χ0v) is 15.4. The summed E-state index contributed by atoms with van der Waals surface area (Å²) in [4.78, 5) is 12.2. The van der Waals surface area contributed by atoms with Gasteiger partial charge in [-0.25, -0.2) is 8.42 Å². The van der Waals surface area contributed by atoms with Crippen LogP contribution in [0.1, 0.15) is 5.56 Å². The van der Waals surface area contributed by atoms with Crippen LogP contribution in [-0.2, 0) is 17.1 Å². The quantitative estimate of drug-likeness (QED) is 0.683. The lowest BCUT2D eigenvalue weighted by atomic mass is 10.1. The largest absolute Gasteiger partial charge is 0.494 e. The molecule has 0 aliphatic heterocycles. The number of anilines is 2. The van der Waals surface area contributed by atoms with Crippen LogP contribution in [0.3, 0.4) is 0 Å². The summed E-state index contributed by atoms with van der Waals surface area (Å²) in [5, 5.41) is 0.723. The van der Waals surface area contributed by atoms with E-state index in [0.717, 1.165) is 5.39 Å². The molecule has 2 aromatic carbocycles. The summed E-state index contributed by atoms with van der Waals surface area (Å²) in [5.41, 5.74) is 7.47. The van der Waals surface area contributed by atoms with E-state index in [9.17, 15) is 13.2 Å². The van der Waals surface area contributed by atoms with Gasteiger partial charge in [0, 0.05) is 29.8 Å². The number of hydrogen-bond donors (Lipinski definition) is 2. The molecular formula is C18H19N3O4S. The molecule has 8 heteroatoms. The van der Waals surface area contributed by atoms with Crippen LogP contribution in [0.25, 0.3) is 10.9 Å². The molecule has 1 aromatic heterocycles. The van der Waals surface area contributed by atoms with Crippen molar-refractivity contribution in [2.75, 3.05) is 17.6 Å². The molecule has 0 radical (unpaired) electrons. The topological polar surface area (TPSA) is 103 Å². The van der Waals surface area contributed by atoms with E-state index >= 15 is 0 Å². The molecule has 26 heavy (non-hydrogen) atoms. The van der Waals surface area contributed by atoms with E-state index in [-0.39, 0.29) is 16.1 Å². The van der Waals surface area contributed by atoms with Gasteiger partial charge >= 0.3 is 0 Å². The van der Waals surface area contributed by atoms with Crippen LogP contribution in [0.15, 0.2) is 52.2 Å². The molecule has 3 aromatic rings. The third-order valence-corrected chi connectivity index (χ3v) is 5.54. The minimum Gasteiger partial charge on any atom is -0.494 e. The summed E-state index contributed by atoms with van der Waals surface area (Å²) in [6, 6.07) is 10.9. The van der Waals surface area contributed by atoms with Gasteiger partial charge in [-0.2, -0.15) is 0 Å². The van der Waals surface area contributed by atoms with Crippen molar-refractivity contribution in [1.29, 1.82) is 0 Å². The Morgan fingerprint density at radius 3 is 2.38 bits per heavy atom. The lowest BCUT2D eigenvalue weighted by Crippen LogP contribution is -2.19. The number of ether oxygens (including phenoxy) is 1. The lowest BCUT2D eigenvalue weighted by Gasteiger charge is -2.15. The van der Waals surface area contributed by atoms with Crippen molar-refractivity contribution < 1.29 is 13.2 Å². The van der Waals surface area contributed by atoms with E-state index in [2.05, 4.69) is 4.72 Å². The Morgan fingerprint density at radius 2 is 1.77 bits per heavy atom. The average Bonchev–Trinajstić information content (AvgIpc) is 2.59. The molecule has 0 amide bonds. The average molecular weight is 373 g/mol. The second-order valence-electron chi connectivity index (χ2n) is 5.98. The van der Waals surface area contributed by atoms with Crippen molar-refractivity contribution in [3.63, 3.8) is 0 Å². The molecule has 0 bridgehead atoms. The molecule has 0 saturated carbocycles. The van der Waals surface area contributed by atoms with Gasteiger partial charge in [0.15, 0.2) is 0 Å². The molecule has 0 spiro atoms. The number of aryl methyl sites for hydroxylation is 2. The first kappa shape index (κ1) is 17.8. The van der Waals surface area contributed by atoms with Crippen LogP contribution in [0.2, 0.25) is 0 Å². The fraction of sp³-hybridized carbons (Fsp3) is 0.167. The predicted molar refractivity (Wildman–Crippen MR) is 102 cm³/mol. The normalized spacial score (nSPS) is 11.5. The van der Waals surface area contributed by atoms with Crippen LogP contribution in [0.5, 0.6) is 5.75 Å². The first-order valence-electron chi connectivity index (χ1n) is 7.79. The molecule has 0 saturated heterocycles. The maximum atomic E-state index is 12.6. The minimum atomic E-state index is -3.81. The summed E-state index contributed by atoms with van der Waals surface area (Å²) in [6.07, 6.45) is 0. The van der Waals surface area contributed by atoms with Crippen molar-refractivity contribution in [3.05, 3.63) is 58.4 Å². The van der Waals surface area contributed by atoms with E-state index in [1.54, 1.807) is 32.2 Å². The van der Waals surface area contributed by atoms with E-state index in [0.29, 0.717) is 22.5 Å². The maximum absolute atomic E-state index is 12.6. The van der Waals surface area contributed by atoms with Gasteiger partial charge in [0.05, 0.1) is 23.2 Å². The number of rotatable bonds is 4. The Labute approximate surface area is 151 Å². The first-order valence-corrected chi connectivity index (χ1v) is 9.28. The Hall–Kier alpha value is -3.00. The molecule has 7 nitrogen and oxygen atoms in total. The van der Waals surface area contributed by atoms with E-state index in [1.165, 1.54) is 35.9 Å². The molecule has 0 fully saturated rings. The SMILES string of the molecule is COc1cc2c(cc1NS(=O)(=O)c1ccc(N)cc1)cc(C)c(=O)n2C. The molecule has 0 aliphatic rings. The molecule has 3 N–H and O–H groups in total. The molecule has 0 aliphatic carbocycles. The Balaban J connectivity index is 2.14. The highest BCUT2D eigenvalue weighted by Gasteiger charge is 2.18. The summed E-state index contributed by atoms with van der Waals surface area (Å²) in [6.45, 7) is 1.71. The number of fused-ring (bicyclic) bond motifs is 1. The number of nitrogens with one attached hydrogen (secondary N) is 1. The van der Waals surface area contributed by atoms with Gasteiger partial charge in [0.25, 0.3) is 15.6 Å². The smallest absolute Gasteiger partial charge is 0.262 e. The zero-order chi connectivity index (χ0) is 19.1. The van der Waals surface area contributed by atoms with Crippen molar-refractivity contribution in [3.8, 4) is 5.75 Å². The summed E-state index contributed by atoms with van der Waals surface area (Å²) in [7, 11) is -0.713. The first-order chi connectivity index (χ1) is 12.2. The van der Waals surface area contributed by atoms with Crippen LogP contribution in [0.4, 0.5) is 11.4 Å². The summed E-state index contributed by atoms with van der Waals surface area (Å²) < 4.78 is 34.6. The molecule has 0 unspecified atom stereocenters. The van der Waals surface area contributed by atoms with Gasteiger partial charge in [-0.15, -0.1) is 0 Å². The zero-order valence-electron chi connectivity index (χ0n) is 14.6. The number of pyridine rings is 1. The van der Waals surface area contributed by atoms with Crippen molar-refractivity contribution in [2.24, 2.45) is 7.05 Å². The van der Waals surface area contributed by atoms with Gasteiger partial charge in [-0.1, -0.05) is 0 Å². The number of hydrogen-bond acceptors (Lipinski definition) is 5. The Bertz CT molecular complexity index is 1150. The van der Waals surface area contributed by atoms with Crippen LogP contribution >= 0.6 is 0 Å². The van der Waals surface area contributed by atoms with Gasteiger partial charge in [0.2, 0.25) is 0 Å². The number of benzene rings is 2. The minimum absolute atomic E-state index is 0.0884. The summed E-state index contributed by atoms with van der Waals surface area (Å²) >= 11 is 0. The summed E-state index contributed by atoms with van der Waals surface area (Å²) in [5.74, 6) is 0.315. The Kier molecular flexibility index (Phi) is 4.37. The van der Waals surface area contributed by atoms with Gasteiger partial charge in [0.1, 0.15) is 5.75 Å². The second kappa shape index (κ2) is 6.38. The number of nitrogens with two attached hydrogens (primary N) is 1. The third kappa shape index (κ3) is 3.11. The highest BCUT2D eigenvalue weighted by molar-refractivity contribution is 7.92. The van der Waals surface area contributed by atoms with Crippen LogP contribution in [-0.4, -0.2) is 20.1 Å². The highest BCUT2D eigenvalue weighted by atomic mass is 32.2. The number of nitrogens with zero attached hydrogens (tertiary/aromatic N) is 1. The molecule has 136 valence electrons. The molecule has 1 heterocycles. The van der Waals surface area contributed by atoms with Gasteiger partial charge in [-0.05, 0) is 43.3 Å². The maximum Gasteiger partial charge on any atom is 0.262 e. The fourth-order valence-electron chi connectivity index (χ4n) is 2.76. The standard InChI is InChI=1S/C18H19N3O4S/c1-11-8-12-9-15(17(25-3)10-16(12)21(2)18(11)22)20-26(23,24)14-6-4-13(19)5-7-14/h4-10,20H,19H2,1-3H3. The number of nitrogen functional groups attached to an aromatic ring is 1. The number of aromatic nitrogens is 1. The van der Waals surface area contributed by atoms with Crippen molar-refractivity contribution in [1.82, 2.24) is 4.57 Å². The monoisotopic (exact) mass is 373 g/mol. The predicted octanol–water partition coefficient (Wildman–Crippen LogP) is 2.24. The highest BCUT2D eigenvalue weighted by Crippen LogP contribution is 2.31. The fourth-order valence-corrected chi connectivity index (χ4v) is 3.82.